The molecular weight excluding hydrogens is 342 g/mol. The smallest absolute Gasteiger partial charge is 0.155 e. The second-order valence-corrected chi connectivity index (χ2v) is 12.0. The van der Waals surface area contributed by atoms with E-state index < -0.39 is 0 Å². The Hall–Kier alpha value is -0.890. The minimum absolute atomic E-state index is 0.0235. The number of carbonyl (C=O) groups is 1. The third kappa shape index (κ3) is 1.92. The Morgan fingerprint density at radius 1 is 1.21 bits per heavy atom. The van der Waals surface area contributed by atoms with Crippen LogP contribution >= 0.6 is 0 Å². The first-order valence-electron chi connectivity index (χ1n) is 11.9. The summed E-state index contributed by atoms with van der Waals surface area (Å²) in [6, 6.07) is 0. The SMILES string of the molecule is C=C(CC)C[C@@]1(N)[C@H]2C[C@H]2C2C3C(CC[C@@]21C)[C@@]1(C)CCC(=O)C=C1[C@@H]1C[C@H]31. The normalized spacial score (nSPS) is 57.9. The lowest BCUT2D eigenvalue weighted by Crippen LogP contribution is -2.61. The molecule has 0 bridgehead atoms. The summed E-state index contributed by atoms with van der Waals surface area (Å²) in [6.45, 7) is 11.7. The minimum Gasteiger partial charge on any atom is -0.324 e. The van der Waals surface area contributed by atoms with Gasteiger partial charge in [-0.3, -0.25) is 4.79 Å². The fraction of sp³-hybridized carbons (Fsp3) is 0.808. The van der Waals surface area contributed by atoms with Crippen molar-refractivity contribution >= 4 is 5.78 Å². The summed E-state index contributed by atoms with van der Waals surface area (Å²) in [5.74, 6) is 6.01. The number of hydrogen-bond acceptors (Lipinski definition) is 2. The zero-order chi connectivity index (χ0) is 19.6. The molecule has 0 spiro atoms. The summed E-state index contributed by atoms with van der Waals surface area (Å²) in [6.07, 6.45) is 11.4. The number of fused-ring (bicyclic) bond motifs is 10. The van der Waals surface area contributed by atoms with Crippen molar-refractivity contribution in [2.75, 3.05) is 0 Å². The number of allylic oxidation sites excluding steroid dienone is 1. The topological polar surface area (TPSA) is 43.1 Å². The standard InChI is InChI=1S/C26H37NO/c1-5-14(2)13-26(27)21-12-18(21)23-22-17-11-16(17)20-10-15(28)6-8-24(20,3)19(22)7-9-25(23,26)4/h10,16-19,21-23H,2,5-9,11-13,27H2,1,3-4H3/t16-,17+,18-,19?,21+,22?,23?,24-,25+,26-/m1/s1. The lowest BCUT2D eigenvalue weighted by Gasteiger charge is -2.60. The van der Waals surface area contributed by atoms with Crippen LogP contribution in [0.15, 0.2) is 23.8 Å². The second-order valence-electron chi connectivity index (χ2n) is 12.0. The summed E-state index contributed by atoms with van der Waals surface area (Å²) in [5.41, 5.74) is 10.8. The van der Waals surface area contributed by atoms with Crippen LogP contribution in [-0.2, 0) is 4.79 Å². The Morgan fingerprint density at radius 2 is 2.00 bits per heavy atom. The number of ketones is 1. The van der Waals surface area contributed by atoms with Gasteiger partial charge in [0.1, 0.15) is 0 Å². The highest BCUT2D eigenvalue weighted by atomic mass is 16.1. The molecule has 6 rings (SSSR count). The summed E-state index contributed by atoms with van der Waals surface area (Å²) >= 11 is 0. The molecule has 0 aromatic heterocycles. The van der Waals surface area contributed by atoms with Crippen molar-refractivity contribution in [2.24, 2.45) is 58.0 Å². The molecule has 6 aliphatic rings. The fourth-order valence-corrected chi connectivity index (χ4v) is 9.46. The van der Waals surface area contributed by atoms with E-state index in [0.717, 1.165) is 61.2 Å². The lowest BCUT2D eigenvalue weighted by molar-refractivity contribution is -0.118. The van der Waals surface area contributed by atoms with Crippen molar-refractivity contribution in [1.82, 2.24) is 0 Å². The van der Waals surface area contributed by atoms with E-state index in [1.807, 2.05) is 0 Å². The molecule has 3 unspecified atom stereocenters. The predicted molar refractivity (Wildman–Crippen MR) is 112 cm³/mol. The maximum Gasteiger partial charge on any atom is 0.155 e. The van der Waals surface area contributed by atoms with Gasteiger partial charge in [-0.05, 0) is 103 Å². The van der Waals surface area contributed by atoms with Crippen LogP contribution in [0.25, 0.3) is 0 Å². The minimum atomic E-state index is -0.0235. The summed E-state index contributed by atoms with van der Waals surface area (Å²) in [4.78, 5) is 12.2. The first-order chi connectivity index (χ1) is 13.2. The molecule has 0 aromatic rings. The van der Waals surface area contributed by atoms with Gasteiger partial charge in [-0.25, -0.2) is 0 Å². The van der Waals surface area contributed by atoms with E-state index in [1.165, 1.54) is 31.3 Å². The molecule has 152 valence electrons. The summed E-state index contributed by atoms with van der Waals surface area (Å²) < 4.78 is 0. The van der Waals surface area contributed by atoms with E-state index in [4.69, 9.17) is 5.73 Å². The van der Waals surface area contributed by atoms with Gasteiger partial charge in [0.15, 0.2) is 5.78 Å². The van der Waals surface area contributed by atoms with Crippen LogP contribution in [0, 0.1) is 52.3 Å². The largest absolute Gasteiger partial charge is 0.324 e. The van der Waals surface area contributed by atoms with Gasteiger partial charge in [-0.1, -0.05) is 38.5 Å². The molecule has 0 radical (unpaired) electrons. The van der Waals surface area contributed by atoms with Crippen LogP contribution in [0.1, 0.15) is 72.1 Å². The van der Waals surface area contributed by atoms with Crippen molar-refractivity contribution < 1.29 is 4.79 Å². The number of nitrogens with two attached hydrogens (primary N) is 1. The Bertz CT molecular complexity index is 811. The quantitative estimate of drug-likeness (QED) is 0.678. The van der Waals surface area contributed by atoms with Crippen LogP contribution in [0.2, 0.25) is 0 Å². The van der Waals surface area contributed by atoms with E-state index in [2.05, 4.69) is 33.4 Å². The highest BCUT2D eigenvalue weighted by Crippen LogP contribution is 2.80. The van der Waals surface area contributed by atoms with Gasteiger partial charge in [0.25, 0.3) is 0 Å². The van der Waals surface area contributed by atoms with Gasteiger partial charge in [-0.15, -0.1) is 0 Å². The molecule has 10 atom stereocenters. The summed E-state index contributed by atoms with van der Waals surface area (Å²) in [7, 11) is 0. The van der Waals surface area contributed by atoms with E-state index >= 15 is 0 Å². The maximum atomic E-state index is 12.2. The monoisotopic (exact) mass is 379 g/mol. The van der Waals surface area contributed by atoms with Gasteiger partial charge < -0.3 is 5.73 Å². The highest BCUT2D eigenvalue weighted by molar-refractivity contribution is 5.92. The third-order valence-electron chi connectivity index (χ3n) is 11.1. The molecule has 2 nitrogen and oxygen atoms in total. The Balaban J connectivity index is 1.40. The Kier molecular flexibility index (Phi) is 3.35. The van der Waals surface area contributed by atoms with Gasteiger partial charge in [0.2, 0.25) is 0 Å². The number of carbonyl (C=O) groups excluding carboxylic acids is 1. The van der Waals surface area contributed by atoms with Crippen LogP contribution in [-0.4, -0.2) is 11.3 Å². The molecule has 6 aliphatic carbocycles. The molecule has 28 heavy (non-hydrogen) atoms. The van der Waals surface area contributed by atoms with Crippen molar-refractivity contribution in [3.05, 3.63) is 23.8 Å². The average Bonchev–Trinajstić information content (AvgIpc) is 3.55. The first-order valence-corrected chi connectivity index (χ1v) is 11.9. The Labute approximate surface area is 170 Å². The van der Waals surface area contributed by atoms with Crippen molar-refractivity contribution in [1.29, 1.82) is 0 Å². The Morgan fingerprint density at radius 3 is 2.75 bits per heavy atom. The van der Waals surface area contributed by atoms with Crippen LogP contribution in [0.3, 0.4) is 0 Å². The molecule has 0 heterocycles. The third-order valence-corrected chi connectivity index (χ3v) is 11.1. The molecular formula is C26H37NO. The molecule has 2 heteroatoms. The average molecular weight is 380 g/mol. The van der Waals surface area contributed by atoms with Gasteiger partial charge in [-0.2, -0.15) is 0 Å². The highest BCUT2D eigenvalue weighted by Gasteiger charge is 2.77. The van der Waals surface area contributed by atoms with E-state index in [0.29, 0.717) is 11.7 Å². The van der Waals surface area contributed by atoms with Crippen LogP contribution in [0.5, 0.6) is 0 Å². The molecule has 2 N–H and O–H groups in total. The van der Waals surface area contributed by atoms with Gasteiger partial charge >= 0.3 is 0 Å². The van der Waals surface area contributed by atoms with E-state index in [1.54, 1.807) is 5.57 Å². The van der Waals surface area contributed by atoms with E-state index in [9.17, 15) is 4.79 Å². The fourth-order valence-electron chi connectivity index (χ4n) is 9.46. The molecule has 5 saturated carbocycles. The molecule has 5 fully saturated rings. The molecule has 0 aliphatic heterocycles. The zero-order valence-corrected chi connectivity index (χ0v) is 18.0. The summed E-state index contributed by atoms with van der Waals surface area (Å²) in [5, 5.41) is 0. The van der Waals surface area contributed by atoms with Crippen LogP contribution < -0.4 is 5.73 Å². The first kappa shape index (κ1) is 17.9. The van der Waals surface area contributed by atoms with Crippen molar-refractivity contribution in [2.45, 2.75) is 77.7 Å². The molecule has 0 aromatic carbocycles. The second kappa shape index (κ2) is 5.23. The predicted octanol–water partition coefficient (Wildman–Crippen LogP) is 5.28. The van der Waals surface area contributed by atoms with E-state index in [-0.39, 0.29) is 16.4 Å². The lowest BCUT2D eigenvalue weighted by atomic mass is 9.45. The van der Waals surface area contributed by atoms with Crippen LogP contribution in [0.4, 0.5) is 0 Å². The number of rotatable bonds is 3. The molecule has 0 amide bonds. The van der Waals surface area contributed by atoms with Crippen molar-refractivity contribution in [3.8, 4) is 0 Å². The zero-order valence-electron chi connectivity index (χ0n) is 18.0. The van der Waals surface area contributed by atoms with Gasteiger partial charge in [0.05, 0.1) is 0 Å². The number of hydrogen-bond donors (Lipinski definition) is 1. The molecule has 0 saturated heterocycles. The maximum absolute atomic E-state index is 12.2. The van der Waals surface area contributed by atoms with Gasteiger partial charge in [0, 0.05) is 12.0 Å². The van der Waals surface area contributed by atoms with Crippen molar-refractivity contribution in [3.63, 3.8) is 0 Å².